The molecule has 0 aliphatic heterocycles. The lowest BCUT2D eigenvalue weighted by molar-refractivity contribution is -0.127. The minimum Gasteiger partial charge on any atom is -0.478 e. The van der Waals surface area contributed by atoms with Crippen LogP contribution in [-0.2, 0) is 19.2 Å². The van der Waals surface area contributed by atoms with Crippen LogP contribution >= 0.6 is 0 Å². The summed E-state index contributed by atoms with van der Waals surface area (Å²) < 4.78 is 0. The molecule has 0 aromatic heterocycles. The number of hydrogen-bond donors (Lipinski definition) is 9. The molecular weight excluding hydrogens is 636 g/mol. The quantitative estimate of drug-likeness (QED) is 0.0639. The standard InChI is InChI=1S/C30H26N6O12/c1-13(37)23(35-33-21-11-15(27(41)42)3-9-19(21)29(45)46)25(39)31-17-5-7-18(8-6-17)32-26(40)24(14(2)38)36-34-22-12-16(28(43)44)4-10-20(22)30(47)48/h3-12,23,33-35H,1-2H3,(H,31,39)(H,32,40)(H,41,42)(H,43,44)(H,45,46)(H,47,48)/b36-24-. The zero-order chi connectivity index (χ0) is 35.7. The van der Waals surface area contributed by atoms with E-state index in [-0.39, 0.29) is 45.0 Å². The molecule has 48 heavy (non-hydrogen) atoms. The Morgan fingerprint density at radius 1 is 0.625 bits per heavy atom. The van der Waals surface area contributed by atoms with E-state index in [9.17, 15) is 58.8 Å². The summed E-state index contributed by atoms with van der Waals surface area (Å²) >= 11 is 0. The highest BCUT2D eigenvalue weighted by atomic mass is 16.4. The number of carbonyl (C=O) groups excluding carboxylic acids is 4. The number of aromatic carboxylic acids is 4. The first-order chi connectivity index (χ1) is 22.6. The molecule has 0 fully saturated rings. The third-order valence-corrected chi connectivity index (χ3v) is 6.26. The number of rotatable bonds is 15. The van der Waals surface area contributed by atoms with Gasteiger partial charge in [0.25, 0.3) is 11.8 Å². The molecule has 0 saturated carbocycles. The molecule has 3 rings (SSSR count). The van der Waals surface area contributed by atoms with E-state index in [0.717, 1.165) is 50.2 Å². The van der Waals surface area contributed by atoms with E-state index in [2.05, 4.69) is 32.0 Å². The normalized spacial score (nSPS) is 11.4. The molecule has 18 nitrogen and oxygen atoms in total. The topological polar surface area (TPSA) is 290 Å². The number of hydrogen-bond acceptors (Lipinski definition) is 12. The highest BCUT2D eigenvalue weighted by molar-refractivity contribution is 6.67. The van der Waals surface area contributed by atoms with Crippen LogP contribution < -0.4 is 26.9 Å². The molecule has 0 saturated heterocycles. The number of nitrogens with one attached hydrogen (secondary N) is 5. The van der Waals surface area contributed by atoms with Crippen LogP contribution in [0.1, 0.15) is 55.3 Å². The van der Waals surface area contributed by atoms with Gasteiger partial charge in [-0.3, -0.25) is 24.6 Å². The number of hydrazine groups is 1. The van der Waals surface area contributed by atoms with E-state index in [1.807, 2.05) is 0 Å². The second-order valence-electron chi connectivity index (χ2n) is 9.70. The van der Waals surface area contributed by atoms with E-state index in [4.69, 9.17) is 0 Å². The lowest BCUT2D eigenvalue weighted by Gasteiger charge is -2.18. The number of carbonyl (C=O) groups is 8. The van der Waals surface area contributed by atoms with Crippen LogP contribution in [0.3, 0.4) is 0 Å². The number of carboxylic acids is 4. The van der Waals surface area contributed by atoms with Gasteiger partial charge in [-0.1, -0.05) is 0 Å². The maximum Gasteiger partial charge on any atom is 0.337 e. The van der Waals surface area contributed by atoms with Gasteiger partial charge in [0.15, 0.2) is 23.3 Å². The molecular formula is C30H26N6O12. The van der Waals surface area contributed by atoms with Gasteiger partial charge in [0.05, 0.1) is 33.6 Å². The number of anilines is 4. The Morgan fingerprint density at radius 2 is 1.10 bits per heavy atom. The SMILES string of the molecule is CC(=O)/C(=N/Nc1cc(C(=O)O)ccc1C(=O)O)C(=O)Nc1ccc(NC(=O)C(NNc2cc(C(=O)O)ccc2C(=O)O)C(C)=O)cc1. The van der Waals surface area contributed by atoms with Crippen molar-refractivity contribution in [3.8, 4) is 0 Å². The van der Waals surface area contributed by atoms with Gasteiger partial charge in [0.1, 0.15) is 0 Å². The minimum atomic E-state index is -1.57. The van der Waals surface area contributed by atoms with Crippen molar-refractivity contribution in [2.45, 2.75) is 19.9 Å². The van der Waals surface area contributed by atoms with Gasteiger partial charge in [-0.2, -0.15) is 5.10 Å². The zero-order valence-electron chi connectivity index (χ0n) is 24.9. The number of Topliss-reactive ketones (excluding diaryl/α,β-unsaturated/α-hetero) is 2. The lowest BCUT2D eigenvalue weighted by Crippen LogP contribution is -2.48. The van der Waals surface area contributed by atoms with Crippen molar-refractivity contribution in [2.24, 2.45) is 5.10 Å². The molecule has 248 valence electrons. The van der Waals surface area contributed by atoms with E-state index < -0.39 is 59.0 Å². The van der Waals surface area contributed by atoms with E-state index in [1.165, 1.54) is 24.3 Å². The second-order valence-corrected chi connectivity index (χ2v) is 9.70. The summed E-state index contributed by atoms with van der Waals surface area (Å²) in [4.78, 5) is 95.6. The summed E-state index contributed by atoms with van der Waals surface area (Å²) in [5.41, 5.74) is 4.85. The summed E-state index contributed by atoms with van der Waals surface area (Å²) in [6, 6.07) is 9.88. The molecule has 1 unspecified atom stereocenters. The van der Waals surface area contributed by atoms with Crippen LogP contribution in [-0.4, -0.2) is 79.4 Å². The molecule has 1 atom stereocenters. The maximum absolute atomic E-state index is 12.9. The fourth-order valence-corrected chi connectivity index (χ4v) is 3.87. The highest BCUT2D eigenvalue weighted by Crippen LogP contribution is 2.20. The summed E-state index contributed by atoms with van der Waals surface area (Å²) in [6.45, 7) is 2.10. The monoisotopic (exact) mass is 662 g/mol. The van der Waals surface area contributed by atoms with Gasteiger partial charge < -0.3 is 36.5 Å². The first-order valence-electron chi connectivity index (χ1n) is 13.4. The van der Waals surface area contributed by atoms with Crippen LogP contribution in [0, 0.1) is 0 Å². The Kier molecular flexibility index (Phi) is 11.4. The van der Waals surface area contributed by atoms with Gasteiger partial charge in [-0.05, 0) is 67.6 Å². The van der Waals surface area contributed by atoms with Crippen LogP contribution in [0.5, 0.6) is 0 Å². The number of amides is 2. The number of nitrogens with zero attached hydrogens (tertiary/aromatic N) is 1. The smallest absolute Gasteiger partial charge is 0.337 e. The van der Waals surface area contributed by atoms with Crippen LogP contribution in [0.25, 0.3) is 0 Å². The first-order valence-corrected chi connectivity index (χ1v) is 13.4. The Labute approximate surface area is 269 Å². The summed E-state index contributed by atoms with van der Waals surface area (Å²) in [6.07, 6.45) is 0. The number of benzene rings is 3. The van der Waals surface area contributed by atoms with Crippen molar-refractivity contribution in [2.75, 3.05) is 21.5 Å². The molecule has 3 aromatic carbocycles. The summed E-state index contributed by atoms with van der Waals surface area (Å²) in [5, 5.41) is 45.7. The lowest BCUT2D eigenvalue weighted by atomic mass is 10.1. The molecule has 0 spiro atoms. The Balaban J connectivity index is 1.71. The number of ketones is 2. The van der Waals surface area contributed by atoms with Crippen molar-refractivity contribution < 1.29 is 58.8 Å². The molecule has 18 heteroatoms. The minimum absolute atomic E-state index is 0.119. The third-order valence-electron chi connectivity index (χ3n) is 6.26. The van der Waals surface area contributed by atoms with Crippen molar-refractivity contribution in [3.63, 3.8) is 0 Å². The second kappa shape index (κ2) is 15.4. The maximum atomic E-state index is 12.9. The number of hydrazone groups is 1. The van der Waals surface area contributed by atoms with Crippen LogP contribution in [0.4, 0.5) is 22.7 Å². The Morgan fingerprint density at radius 3 is 1.56 bits per heavy atom. The fourth-order valence-electron chi connectivity index (χ4n) is 3.87. The van der Waals surface area contributed by atoms with Crippen molar-refractivity contribution in [1.29, 1.82) is 0 Å². The van der Waals surface area contributed by atoms with Crippen LogP contribution in [0.2, 0.25) is 0 Å². The first kappa shape index (κ1) is 35.5. The van der Waals surface area contributed by atoms with E-state index in [0.29, 0.717) is 0 Å². The average Bonchev–Trinajstić information content (AvgIpc) is 3.01. The Hall–Kier alpha value is -6.95. The van der Waals surface area contributed by atoms with E-state index >= 15 is 0 Å². The fraction of sp³-hybridized carbons (Fsp3) is 0.100. The van der Waals surface area contributed by atoms with Gasteiger partial charge in [-0.15, -0.1) is 0 Å². The molecule has 0 bridgehead atoms. The van der Waals surface area contributed by atoms with Gasteiger partial charge >= 0.3 is 23.9 Å². The summed E-state index contributed by atoms with van der Waals surface area (Å²) in [7, 11) is 0. The molecule has 0 radical (unpaired) electrons. The third kappa shape index (κ3) is 9.05. The molecule has 0 heterocycles. The van der Waals surface area contributed by atoms with Crippen molar-refractivity contribution in [3.05, 3.63) is 82.9 Å². The van der Waals surface area contributed by atoms with Crippen molar-refractivity contribution >= 4 is 75.7 Å². The van der Waals surface area contributed by atoms with Crippen molar-refractivity contribution in [1.82, 2.24) is 5.43 Å². The summed E-state index contributed by atoms with van der Waals surface area (Å²) in [5.74, 6) is -8.93. The molecule has 0 aliphatic rings. The van der Waals surface area contributed by atoms with Crippen LogP contribution in [0.15, 0.2) is 65.8 Å². The largest absolute Gasteiger partial charge is 0.478 e. The molecule has 2 amide bonds. The molecule has 3 aromatic rings. The highest BCUT2D eigenvalue weighted by Gasteiger charge is 2.25. The predicted octanol–water partition coefficient (Wildman–Crippen LogP) is 1.99. The molecule has 9 N–H and O–H groups in total. The zero-order valence-corrected chi connectivity index (χ0v) is 24.9. The predicted molar refractivity (Wildman–Crippen MR) is 167 cm³/mol. The number of carboxylic acid groups (broad SMARTS) is 4. The van der Waals surface area contributed by atoms with Gasteiger partial charge in [-0.25, -0.2) is 24.6 Å². The Bertz CT molecular complexity index is 1870. The molecule has 0 aliphatic carbocycles. The van der Waals surface area contributed by atoms with E-state index in [1.54, 1.807) is 0 Å². The average molecular weight is 663 g/mol. The van der Waals surface area contributed by atoms with Gasteiger partial charge in [0.2, 0.25) is 0 Å². The van der Waals surface area contributed by atoms with Gasteiger partial charge in [0, 0.05) is 18.3 Å².